The summed E-state index contributed by atoms with van der Waals surface area (Å²) >= 11 is 0. The first kappa shape index (κ1) is 11.9. The van der Waals surface area contributed by atoms with E-state index < -0.39 is 0 Å². The van der Waals surface area contributed by atoms with Gasteiger partial charge in [0.15, 0.2) is 11.5 Å². The van der Waals surface area contributed by atoms with Crippen molar-refractivity contribution in [2.45, 2.75) is 25.2 Å². The van der Waals surface area contributed by atoms with E-state index >= 15 is 0 Å². The predicted molar refractivity (Wildman–Crippen MR) is 75.6 cm³/mol. The van der Waals surface area contributed by atoms with E-state index in [0.717, 1.165) is 42.2 Å². The summed E-state index contributed by atoms with van der Waals surface area (Å²) in [5.74, 6) is 1.50. The molecule has 20 heavy (non-hydrogen) atoms. The van der Waals surface area contributed by atoms with Crippen LogP contribution in [0.2, 0.25) is 0 Å². The van der Waals surface area contributed by atoms with Crippen LogP contribution in [0.5, 0.6) is 0 Å². The Morgan fingerprint density at radius 2 is 2.25 bits per heavy atom. The molecule has 2 heterocycles. The monoisotopic (exact) mass is 271 g/mol. The number of nitrogens with zero attached hydrogens (tertiary/aromatic N) is 1. The summed E-state index contributed by atoms with van der Waals surface area (Å²) in [6, 6.07) is 5.66. The number of oxazole rings is 1. The lowest BCUT2D eigenvalue weighted by molar-refractivity contribution is -0.119. The summed E-state index contributed by atoms with van der Waals surface area (Å²) in [6.45, 7) is 1.69. The molecule has 2 aliphatic rings. The van der Waals surface area contributed by atoms with Gasteiger partial charge < -0.3 is 15.1 Å². The Morgan fingerprint density at radius 1 is 1.35 bits per heavy atom. The Bertz CT molecular complexity index is 654. The lowest BCUT2D eigenvalue weighted by Gasteiger charge is -2.09. The molecular weight excluding hydrogens is 254 g/mol. The Kier molecular flexibility index (Phi) is 2.73. The molecule has 1 unspecified atom stereocenters. The maximum absolute atomic E-state index is 12.1. The average Bonchev–Trinajstić information content (AvgIpc) is 3.00. The number of carbonyl (C=O) groups is 1. The van der Waals surface area contributed by atoms with Crippen LogP contribution in [0.15, 0.2) is 22.6 Å². The van der Waals surface area contributed by atoms with Gasteiger partial charge in [0, 0.05) is 18.2 Å². The summed E-state index contributed by atoms with van der Waals surface area (Å²) in [5, 5.41) is 6.17. The van der Waals surface area contributed by atoms with Crippen LogP contribution in [0.25, 0.3) is 11.1 Å². The number of carbonyl (C=O) groups excluding carboxylic acids is 1. The van der Waals surface area contributed by atoms with Crippen molar-refractivity contribution < 1.29 is 9.21 Å². The van der Waals surface area contributed by atoms with Crippen LogP contribution in [-0.4, -0.2) is 24.0 Å². The fraction of sp³-hybridized carbons (Fsp3) is 0.467. The van der Waals surface area contributed by atoms with E-state index in [-0.39, 0.29) is 11.8 Å². The van der Waals surface area contributed by atoms with Gasteiger partial charge in [0.2, 0.25) is 5.91 Å². The van der Waals surface area contributed by atoms with Gasteiger partial charge in [-0.05, 0) is 44.0 Å². The highest BCUT2D eigenvalue weighted by atomic mass is 16.3. The van der Waals surface area contributed by atoms with E-state index in [0.29, 0.717) is 5.92 Å². The molecule has 1 aromatic carbocycles. The number of rotatable bonds is 3. The molecule has 1 atom stereocenters. The molecule has 5 nitrogen and oxygen atoms in total. The van der Waals surface area contributed by atoms with Crippen LogP contribution < -0.4 is 10.6 Å². The summed E-state index contributed by atoms with van der Waals surface area (Å²) in [6.07, 6.45) is 3.25. The number of hydrogen-bond donors (Lipinski definition) is 2. The predicted octanol–water partition coefficient (Wildman–Crippen LogP) is 2.25. The lowest BCUT2D eigenvalue weighted by atomic mass is 10.1. The molecule has 5 heteroatoms. The topological polar surface area (TPSA) is 67.2 Å². The zero-order chi connectivity index (χ0) is 13.5. The van der Waals surface area contributed by atoms with Crippen LogP contribution >= 0.6 is 0 Å². The van der Waals surface area contributed by atoms with Gasteiger partial charge in [-0.25, -0.2) is 4.98 Å². The molecule has 1 saturated carbocycles. The van der Waals surface area contributed by atoms with Gasteiger partial charge in [-0.1, -0.05) is 0 Å². The molecule has 1 aliphatic carbocycles. The summed E-state index contributed by atoms with van der Waals surface area (Å²) < 4.78 is 5.72. The number of fused-ring (bicyclic) bond motifs is 1. The first-order valence-electron chi connectivity index (χ1n) is 7.22. The van der Waals surface area contributed by atoms with Gasteiger partial charge in [-0.2, -0.15) is 0 Å². The van der Waals surface area contributed by atoms with Crippen molar-refractivity contribution in [1.29, 1.82) is 0 Å². The summed E-state index contributed by atoms with van der Waals surface area (Å²) in [5.41, 5.74) is 2.42. The van der Waals surface area contributed by atoms with Crippen LogP contribution in [0, 0.1) is 5.92 Å². The van der Waals surface area contributed by atoms with Crippen molar-refractivity contribution in [2.24, 2.45) is 5.92 Å². The molecule has 1 aliphatic heterocycles. The third-order valence-corrected chi connectivity index (χ3v) is 4.03. The number of aromatic nitrogens is 1. The van der Waals surface area contributed by atoms with Crippen molar-refractivity contribution >= 4 is 22.7 Å². The minimum absolute atomic E-state index is 0.0741. The maximum atomic E-state index is 12.1. The molecule has 2 fully saturated rings. The molecule has 1 aromatic heterocycles. The van der Waals surface area contributed by atoms with E-state index in [2.05, 4.69) is 15.6 Å². The third-order valence-electron chi connectivity index (χ3n) is 4.03. The van der Waals surface area contributed by atoms with E-state index in [1.54, 1.807) is 0 Å². The first-order valence-corrected chi connectivity index (χ1v) is 7.22. The van der Waals surface area contributed by atoms with Crippen LogP contribution in [0.3, 0.4) is 0 Å². The Hall–Kier alpha value is -1.88. The second-order valence-electron chi connectivity index (χ2n) is 5.69. The molecule has 0 spiro atoms. The van der Waals surface area contributed by atoms with Gasteiger partial charge in [-0.3, -0.25) is 4.79 Å². The molecule has 0 bridgehead atoms. The molecule has 2 aromatic rings. The Balaban J connectivity index is 1.55. The van der Waals surface area contributed by atoms with Crippen molar-refractivity contribution in [3.8, 4) is 0 Å². The van der Waals surface area contributed by atoms with E-state index in [9.17, 15) is 4.79 Å². The van der Waals surface area contributed by atoms with Crippen molar-refractivity contribution in [1.82, 2.24) is 10.3 Å². The van der Waals surface area contributed by atoms with Gasteiger partial charge in [-0.15, -0.1) is 0 Å². The molecule has 0 radical (unpaired) electrons. The Labute approximate surface area is 116 Å². The van der Waals surface area contributed by atoms with Crippen LogP contribution in [0.4, 0.5) is 5.69 Å². The number of anilines is 1. The van der Waals surface area contributed by atoms with E-state index in [1.165, 1.54) is 12.8 Å². The quantitative estimate of drug-likeness (QED) is 0.898. The number of amides is 1. The van der Waals surface area contributed by atoms with Gasteiger partial charge in [0.1, 0.15) is 5.52 Å². The second-order valence-corrected chi connectivity index (χ2v) is 5.69. The number of nitrogens with one attached hydrogen (secondary N) is 2. The third kappa shape index (κ3) is 2.18. The molecule has 104 valence electrons. The number of hydrogen-bond acceptors (Lipinski definition) is 4. The van der Waals surface area contributed by atoms with Crippen molar-refractivity contribution in [3.63, 3.8) is 0 Å². The normalized spacial score (nSPS) is 22.3. The SMILES string of the molecule is O=C(Nc1ccc2oc(C3CC3)nc2c1)C1CCNC1. The highest BCUT2D eigenvalue weighted by Crippen LogP contribution is 2.40. The fourth-order valence-corrected chi connectivity index (χ4v) is 2.65. The number of benzene rings is 1. The molecule has 1 amide bonds. The Morgan fingerprint density at radius 3 is 3.00 bits per heavy atom. The van der Waals surface area contributed by atoms with Crippen LogP contribution in [0.1, 0.15) is 31.1 Å². The molecular formula is C15H17N3O2. The fourth-order valence-electron chi connectivity index (χ4n) is 2.65. The molecule has 1 saturated heterocycles. The summed E-state index contributed by atoms with van der Waals surface area (Å²) in [7, 11) is 0. The largest absolute Gasteiger partial charge is 0.440 e. The van der Waals surface area contributed by atoms with Crippen molar-refractivity contribution in [3.05, 3.63) is 24.1 Å². The smallest absolute Gasteiger partial charge is 0.228 e. The van der Waals surface area contributed by atoms with Gasteiger partial charge in [0.05, 0.1) is 5.92 Å². The van der Waals surface area contributed by atoms with Gasteiger partial charge in [0.25, 0.3) is 0 Å². The van der Waals surface area contributed by atoms with Crippen LogP contribution in [-0.2, 0) is 4.79 Å². The molecule has 4 rings (SSSR count). The minimum atomic E-state index is 0.0741. The maximum Gasteiger partial charge on any atom is 0.228 e. The first-order chi connectivity index (χ1) is 9.79. The molecule has 2 N–H and O–H groups in total. The lowest BCUT2D eigenvalue weighted by Crippen LogP contribution is -2.24. The van der Waals surface area contributed by atoms with E-state index in [1.807, 2.05) is 18.2 Å². The van der Waals surface area contributed by atoms with Crippen molar-refractivity contribution in [2.75, 3.05) is 18.4 Å². The minimum Gasteiger partial charge on any atom is -0.440 e. The zero-order valence-electron chi connectivity index (χ0n) is 11.2. The zero-order valence-corrected chi connectivity index (χ0v) is 11.2. The average molecular weight is 271 g/mol. The highest BCUT2D eigenvalue weighted by Gasteiger charge is 2.29. The van der Waals surface area contributed by atoms with Gasteiger partial charge >= 0.3 is 0 Å². The second kappa shape index (κ2) is 4.59. The van der Waals surface area contributed by atoms with E-state index in [4.69, 9.17) is 4.42 Å². The summed E-state index contributed by atoms with van der Waals surface area (Å²) in [4.78, 5) is 16.6. The highest BCUT2D eigenvalue weighted by molar-refractivity contribution is 5.94. The standard InChI is InChI=1S/C15H17N3O2/c19-14(10-5-6-16-8-10)17-11-3-4-13-12(7-11)18-15(20-13)9-1-2-9/h3-4,7,9-10,16H,1-2,5-6,8H2,(H,17,19).